The van der Waals surface area contributed by atoms with Crippen LogP contribution in [-0.4, -0.2) is 23.8 Å². The van der Waals surface area contributed by atoms with Gasteiger partial charge >= 0.3 is 5.97 Å². The van der Waals surface area contributed by atoms with Gasteiger partial charge in [0.15, 0.2) is 0 Å². The molecule has 0 radical (unpaired) electrons. The van der Waals surface area contributed by atoms with Gasteiger partial charge in [0, 0.05) is 6.42 Å². The molecule has 166 valence electrons. The summed E-state index contributed by atoms with van der Waals surface area (Å²) < 4.78 is 5.28. The molecule has 0 fully saturated rings. The first-order chi connectivity index (χ1) is 13.7. The average molecular weight is 397 g/mol. The van der Waals surface area contributed by atoms with Crippen LogP contribution in [0.2, 0.25) is 0 Å². The van der Waals surface area contributed by atoms with Crippen LogP contribution in [0.25, 0.3) is 0 Å². The third-order valence-corrected chi connectivity index (χ3v) is 5.23. The lowest BCUT2D eigenvalue weighted by atomic mass is 10.1. The number of allylic oxidation sites excluding steroid dienone is 1. The second-order valence-electron chi connectivity index (χ2n) is 8.15. The second-order valence-corrected chi connectivity index (χ2v) is 8.15. The molecule has 0 aliphatic rings. The van der Waals surface area contributed by atoms with E-state index in [0.717, 1.165) is 44.9 Å². The van der Waals surface area contributed by atoms with E-state index in [0.29, 0.717) is 13.0 Å². The van der Waals surface area contributed by atoms with E-state index in [1.807, 2.05) is 0 Å². The minimum Gasteiger partial charge on any atom is -0.466 e. The van der Waals surface area contributed by atoms with Crippen molar-refractivity contribution >= 4 is 5.97 Å². The van der Waals surface area contributed by atoms with Gasteiger partial charge in [0.1, 0.15) is 0 Å². The Kier molecular flexibility index (Phi) is 21.8. The number of unbranched alkanes of at least 4 members (excludes halogenated alkanes) is 12. The van der Waals surface area contributed by atoms with Gasteiger partial charge in [0.2, 0.25) is 0 Å². The number of hydrogen-bond donors (Lipinski definition) is 1. The summed E-state index contributed by atoms with van der Waals surface area (Å²) in [6, 6.07) is 0. The number of esters is 1. The molecule has 1 atom stereocenters. The number of ether oxygens (including phenoxy) is 1. The van der Waals surface area contributed by atoms with Gasteiger partial charge in [0.25, 0.3) is 0 Å². The van der Waals surface area contributed by atoms with Crippen LogP contribution >= 0.6 is 0 Å². The fourth-order valence-corrected chi connectivity index (χ4v) is 3.32. The number of aliphatic hydroxyl groups excluding tert-OH is 1. The lowest BCUT2D eigenvalue weighted by Crippen LogP contribution is -2.05. The van der Waals surface area contributed by atoms with Crippen molar-refractivity contribution in [2.75, 3.05) is 6.61 Å². The minimum absolute atomic E-state index is 0.0216. The molecule has 28 heavy (non-hydrogen) atoms. The standard InChI is InChI=1S/C25H48O3/c1-3-5-7-15-19-23-28-25(27)22-18-14-12-10-9-11-13-17-21-24(26)20-16-8-6-4-2/h13,17,24,26H,3-12,14-16,18-23H2,1-2H3/b17-13-/t24-/m1/s1. The van der Waals surface area contributed by atoms with Crippen LogP contribution in [0.15, 0.2) is 12.2 Å². The van der Waals surface area contributed by atoms with Gasteiger partial charge in [-0.3, -0.25) is 4.79 Å². The van der Waals surface area contributed by atoms with E-state index in [9.17, 15) is 9.90 Å². The Hall–Kier alpha value is -0.830. The molecule has 0 amide bonds. The molecule has 0 saturated carbocycles. The first kappa shape index (κ1) is 27.2. The molecular weight excluding hydrogens is 348 g/mol. The topological polar surface area (TPSA) is 46.5 Å². The fourth-order valence-electron chi connectivity index (χ4n) is 3.32. The fraction of sp³-hybridized carbons (Fsp3) is 0.880. The maximum atomic E-state index is 11.6. The molecule has 0 aliphatic carbocycles. The maximum Gasteiger partial charge on any atom is 0.305 e. The number of carbonyl (C=O) groups excluding carboxylic acids is 1. The molecule has 0 bridgehead atoms. The van der Waals surface area contributed by atoms with E-state index in [4.69, 9.17) is 4.74 Å². The predicted octanol–water partition coefficient (Wildman–Crippen LogP) is 7.51. The van der Waals surface area contributed by atoms with Crippen molar-refractivity contribution in [3.05, 3.63) is 12.2 Å². The summed E-state index contributed by atoms with van der Waals surface area (Å²) in [7, 11) is 0. The molecular formula is C25H48O3. The lowest BCUT2D eigenvalue weighted by molar-refractivity contribution is -0.143. The molecule has 0 aromatic carbocycles. The van der Waals surface area contributed by atoms with E-state index in [2.05, 4.69) is 26.0 Å². The molecule has 0 aromatic heterocycles. The third kappa shape index (κ3) is 21.5. The van der Waals surface area contributed by atoms with Crippen LogP contribution in [0.5, 0.6) is 0 Å². The number of rotatable bonds is 21. The van der Waals surface area contributed by atoms with E-state index < -0.39 is 0 Å². The van der Waals surface area contributed by atoms with Gasteiger partial charge in [-0.25, -0.2) is 0 Å². The monoisotopic (exact) mass is 396 g/mol. The summed E-state index contributed by atoms with van der Waals surface area (Å²) in [6.45, 7) is 5.02. The van der Waals surface area contributed by atoms with E-state index in [-0.39, 0.29) is 12.1 Å². The van der Waals surface area contributed by atoms with Crippen LogP contribution in [-0.2, 0) is 9.53 Å². The molecule has 0 spiro atoms. The Bertz CT molecular complexity index is 352. The molecule has 0 unspecified atom stereocenters. The van der Waals surface area contributed by atoms with Crippen molar-refractivity contribution in [3.63, 3.8) is 0 Å². The highest BCUT2D eigenvalue weighted by atomic mass is 16.5. The highest BCUT2D eigenvalue weighted by Gasteiger charge is 2.02. The number of aliphatic hydroxyl groups is 1. The zero-order chi connectivity index (χ0) is 20.7. The first-order valence-corrected chi connectivity index (χ1v) is 12.2. The number of carbonyl (C=O) groups is 1. The largest absolute Gasteiger partial charge is 0.466 e. The SMILES string of the molecule is CCCCCCCOC(=O)CCCCCCC/C=C\C[C@H](O)CCCCCC. The Balaban J connectivity index is 3.30. The summed E-state index contributed by atoms with van der Waals surface area (Å²) in [5.41, 5.74) is 0. The summed E-state index contributed by atoms with van der Waals surface area (Å²) in [4.78, 5) is 11.6. The molecule has 3 nitrogen and oxygen atoms in total. The third-order valence-electron chi connectivity index (χ3n) is 5.23. The maximum absolute atomic E-state index is 11.6. The van der Waals surface area contributed by atoms with Gasteiger partial charge in [-0.1, -0.05) is 96.6 Å². The average Bonchev–Trinajstić information content (AvgIpc) is 2.69. The summed E-state index contributed by atoms with van der Waals surface area (Å²) in [5, 5.41) is 9.91. The summed E-state index contributed by atoms with van der Waals surface area (Å²) in [5.74, 6) is -0.0216. The van der Waals surface area contributed by atoms with Crippen molar-refractivity contribution in [1.82, 2.24) is 0 Å². The first-order valence-electron chi connectivity index (χ1n) is 12.2. The van der Waals surface area contributed by atoms with Crippen molar-refractivity contribution in [1.29, 1.82) is 0 Å². The van der Waals surface area contributed by atoms with E-state index in [1.165, 1.54) is 64.2 Å². The molecule has 0 aromatic rings. The van der Waals surface area contributed by atoms with Gasteiger partial charge in [0.05, 0.1) is 12.7 Å². The van der Waals surface area contributed by atoms with Crippen LogP contribution < -0.4 is 0 Å². The van der Waals surface area contributed by atoms with Crippen molar-refractivity contribution in [3.8, 4) is 0 Å². The van der Waals surface area contributed by atoms with Crippen LogP contribution in [0, 0.1) is 0 Å². The Morgan fingerprint density at radius 1 is 0.786 bits per heavy atom. The normalized spacial score (nSPS) is 12.5. The van der Waals surface area contributed by atoms with E-state index >= 15 is 0 Å². The van der Waals surface area contributed by atoms with Gasteiger partial charge in [-0.2, -0.15) is 0 Å². The zero-order valence-corrected chi connectivity index (χ0v) is 18.9. The lowest BCUT2D eigenvalue weighted by Gasteiger charge is -2.07. The van der Waals surface area contributed by atoms with E-state index in [1.54, 1.807) is 0 Å². The Labute approximate surface area is 175 Å². The predicted molar refractivity (Wildman–Crippen MR) is 121 cm³/mol. The smallest absolute Gasteiger partial charge is 0.305 e. The zero-order valence-electron chi connectivity index (χ0n) is 18.9. The molecule has 3 heteroatoms. The van der Waals surface area contributed by atoms with Gasteiger partial charge in [-0.15, -0.1) is 0 Å². The van der Waals surface area contributed by atoms with Crippen LogP contribution in [0.3, 0.4) is 0 Å². The molecule has 0 heterocycles. The summed E-state index contributed by atoms with van der Waals surface area (Å²) in [6.07, 6.45) is 24.2. The van der Waals surface area contributed by atoms with Crippen LogP contribution in [0.4, 0.5) is 0 Å². The van der Waals surface area contributed by atoms with Crippen molar-refractivity contribution < 1.29 is 14.6 Å². The second kappa shape index (κ2) is 22.5. The summed E-state index contributed by atoms with van der Waals surface area (Å²) >= 11 is 0. The quantitative estimate of drug-likeness (QED) is 0.124. The van der Waals surface area contributed by atoms with Crippen LogP contribution in [0.1, 0.15) is 129 Å². The minimum atomic E-state index is -0.163. The van der Waals surface area contributed by atoms with Gasteiger partial charge < -0.3 is 9.84 Å². The Morgan fingerprint density at radius 2 is 1.39 bits per heavy atom. The van der Waals surface area contributed by atoms with Crippen molar-refractivity contribution in [2.24, 2.45) is 0 Å². The molecule has 1 N–H and O–H groups in total. The van der Waals surface area contributed by atoms with Crippen molar-refractivity contribution in [2.45, 2.75) is 136 Å². The Morgan fingerprint density at radius 3 is 2.14 bits per heavy atom. The van der Waals surface area contributed by atoms with Gasteiger partial charge in [-0.05, 0) is 38.5 Å². The molecule has 0 saturated heterocycles. The molecule has 0 rings (SSSR count). The molecule has 0 aliphatic heterocycles. The highest BCUT2D eigenvalue weighted by Crippen LogP contribution is 2.11. The number of hydrogen-bond acceptors (Lipinski definition) is 3. The highest BCUT2D eigenvalue weighted by molar-refractivity contribution is 5.69.